The van der Waals surface area contributed by atoms with Crippen LogP contribution in [0.3, 0.4) is 0 Å². The van der Waals surface area contributed by atoms with Crippen molar-refractivity contribution in [2.45, 2.75) is 38.8 Å². The molecule has 0 aromatic carbocycles. The number of hydrogen-bond donors (Lipinski definition) is 2. The number of tetrazole rings is 1. The zero-order valence-corrected chi connectivity index (χ0v) is 10.1. The van der Waals surface area contributed by atoms with Crippen LogP contribution in [0.15, 0.2) is 0 Å². The lowest BCUT2D eigenvalue weighted by Gasteiger charge is -2.24. The fourth-order valence-corrected chi connectivity index (χ4v) is 1.63. The Hall–Kier alpha value is -1.05. The molecule has 0 saturated heterocycles. The molecule has 3 N–H and O–H groups in total. The number of rotatable bonds is 7. The predicted octanol–water partition coefficient (Wildman–Crippen LogP) is -0.600. The Morgan fingerprint density at radius 1 is 1.50 bits per heavy atom. The molecule has 1 heterocycles. The van der Waals surface area contributed by atoms with Gasteiger partial charge < -0.3 is 4.74 Å². The molecule has 0 saturated carbocycles. The van der Waals surface area contributed by atoms with Crippen LogP contribution in [0.1, 0.15) is 26.1 Å². The molecule has 1 aromatic rings. The van der Waals surface area contributed by atoms with Gasteiger partial charge in [-0.3, -0.25) is 11.3 Å². The van der Waals surface area contributed by atoms with E-state index in [-0.39, 0.29) is 12.1 Å². The molecule has 0 fully saturated rings. The summed E-state index contributed by atoms with van der Waals surface area (Å²) in [6, 6.07) is 0.00847. The van der Waals surface area contributed by atoms with Crippen LogP contribution in [-0.4, -0.2) is 39.0 Å². The quantitative estimate of drug-likeness (QED) is 0.478. The van der Waals surface area contributed by atoms with Crippen LogP contribution in [-0.2, 0) is 18.2 Å². The Kier molecular flexibility index (Phi) is 5.30. The Bertz CT molecular complexity index is 302. The molecule has 0 spiro atoms. The van der Waals surface area contributed by atoms with Crippen molar-refractivity contribution in [2.75, 3.05) is 6.61 Å². The van der Waals surface area contributed by atoms with Gasteiger partial charge in [-0.1, -0.05) is 6.92 Å². The number of aryl methyl sites for hydroxylation is 1. The molecular formula is C9H20N6O. The molecule has 92 valence electrons. The summed E-state index contributed by atoms with van der Waals surface area (Å²) in [6.45, 7) is 4.70. The van der Waals surface area contributed by atoms with Gasteiger partial charge in [0.2, 0.25) is 0 Å². The van der Waals surface area contributed by atoms with Crippen LogP contribution in [0.25, 0.3) is 0 Å². The van der Waals surface area contributed by atoms with E-state index in [9.17, 15) is 0 Å². The van der Waals surface area contributed by atoms with Crippen LogP contribution in [0.2, 0.25) is 0 Å². The first kappa shape index (κ1) is 13.0. The number of hydrazine groups is 1. The first-order valence-electron chi connectivity index (χ1n) is 5.51. The maximum atomic E-state index is 5.60. The van der Waals surface area contributed by atoms with Crippen molar-refractivity contribution in [3.8, 4) is 0 Å². The summed E-state index contributed by atoms with van der Waals surface area (Å²) < 4.78 is 5.60. The van der Waals surface area contributed by atoms with Crippen LogP contribution in [0.5, 0.6) is 0 Å². The van der Waals surface area contributed by atoms with Gasteiger partial charge in [-0.05, 0) is 18.6 Å². The van der Waals surface area contributed by atoms with E-state index in [4.69, 9.17) is 10.6 Å². The maximum absolute atomic E-state index is 5.60. The SMILES string of the molecule is CCOC(CC)C(Cc1nnn(C)n1)NN. The average Bonchev–Trinajstić information content (AvgIpc) is 2.69. The Morgan fingerprint density at radius 2 is 2.25 bits per heavy atom. The second kappa shape index (κ2) is 6.51. The molecule has 0 radical (unpaired) electrons. The second-order valence-corrected chi connectivity index (χ2v) is 3.57. The number of aromatic nitrogens is 4. The van der Waals surface area contributed by atoms with Crippen LogP contribution < -0.4 is 11.3 Å². The third kappa shape index (κ3) is 3.51. The lowest BCUT2D eigenvalue weighted by atomic mass is 10.1. The Balaban J connectivity index is 2.59. The highest BCUT2D eigenvalue weighted by molar-refractivity contribution is 4.87. The molecule has 1 rings (SSSR count). The Labute approximate surface area is 95.3 Å². The van der Waals surface area contributed by atoms with Gasteiger partial charge in [-0.15, -0.1) is 10.2 Å². The number of nitrogens with one attached hydrogen (secondary N) is 1. The van der Waals surface area contributed by atoms with Crippen LogP contribution in [0, 0.1) is 0 Å². The van der Waals surface area contributed by atoms with Gasteiger partial charge in [0.05, 0.1) is 19.2 Å². The standard InChI is InChI=1S/C9H20N6O/c1-4-8(16-5-2)7(11-10)6-9-12-14-15(3)13-9/h7-8,11H,4-6,10H2,1-3H3. The zero-order valence-electron chi connectivity index (χ0n) is 10.1. The lowest BCUT2D eigenvalue weighted by molar-refractivity contribution is 0.0314. The predicted molar refractivity (Wildman–Crippen MR) is 59.3 cm³/mol. The molecule has 2 unspecified atom stereocenters. The number of ether oxygens (including phenoxy) is 1. The van der Waals surface area contributed by atoms with Gasteiger partial charge in [0, 0.05) is 13.0 Å². The lowest BCUT2D eigenvalue weighted by Crippen LogP contribution is -2.46. The smallest absolute Gasteiger partial charge is 0.176 e. The summed E-state index contributed by atoms with van der Waals surface area (Å²) in [6.07, 6.45) is 1.57. The molecule has 7 heteroatoms. The minimum absolute atomic E-state index is 0.00847. The Morgan fingerprint density at radius 3 is 2.69 bits per heavy atom. The van der Waals surface area contributed by atoms with Gasteiger partial charge in [0.25, 0.3) is 0 Å². The molecule has 7 nitrogen and oxygen atoms in total. The van der Waals surface area contributed by atoms with Crippen molar-refractivity contribution in [3.05, 3.63) is 5.82 Å². The van der Waals surface area contributed by atoms with Crippen molar-refractivity contribution < 1.29 is 4.74 Å². The largest absolute Gasteiger partial charge is 0.377 e. The van der Waals surface area contributed by atoms with Crippen LogP contribution >= 0.6 is 0 Å². The van der Waals surface area contributed by atoms with Gasteiger partial charge in [0.15, 0.2) is 5.82 Å². The van der Waals surface area contributed by atoms with Crippen molar-refractivity contribution in [2.24, 2.45) is 12.9 Å². The average molecular weight is 228 g/mol. The first-order valence-corrected chi connectivity index (χ1v) is 5.51. The third-order valence-electron chi connectivity index (χ3n) is 2.40. The molecule has 0 bridgehead atoms. The minimum Gasteiger partial charge on any atom is -0.377 e. The van der Waals surface area contributed by atoms with E-state index >= 15 is 0 Å². The maximum Gasteiger partial charge on any atom is 0.176 e. The molecule has 2 atom stereocenters. The highest BCUT2D eigenvalue weighted by Gasteiger charge is 2.21. The topological polar surface area (TPSA) is 90.9 Å². The molecule has 0 aliphatic carbocycles. The minimum atomic E-state index is 0.00847. The number of hydrogen-bond acceptors (Lipinski definition) is 6. The number of nitrogens with two attached hydrogens (primary N) is 1. The van der Waals surface area contributed by atoms with Gasteiger partial charge in [-0.2, -0.15) is 4.80 Å². The molecular weight excluding hydrogens is 208 g/mol. The molecule has 0 amide bonds. The zero-order chi connectivity index (χ0) is 12.0. The fraction of sp³-hybridized carbons (Fsp3) is 0.889. The van der Waals surface area contributed by atoms with Crippen LogP contribution in [0.4, 0.5) is 0 Å². The molecule has 0 aliphatic rings. The van der Waals surface area contributed by atoms with Gasteiger partial charge in [-0.25, -0.2) is 0 Å². The highest BCUT2D eigenvalue weighted by Crippen LogP contribution is 2.07. The van der Waals surface area contributed by atoms with Crippen molar-refractivity contribution >= 4 is 0 Å². The van der Waals surface area contributed by atoms with E-state index in [0.717, 1.165) is 6.42 Å². The summed E-state index contributed by atoms with van der Waals surface area (Å²) in [5.74, 6) is 6.19. The molecule has 0 aliphatic heterocycles. The van der Waals surface area contributed by atoms with Gasteiger partial charge in [0.1, 0.15) is 0 Å². The number of nitrogens with zero attached hydrogens (tertiary/aromatic N) is 4. The van der Waals surface area contributed by atoms with Crippen molar-refractivity contribution in [3.63, 3.8) is 0 Å². The second-order valence-electron chi connectivity index (χ2n) is 3.57. The van der Waals surface area contributed by atoms with Gasteiger partial charge >= 0.3 is 0 Å². The first-order chi connectivity index (χ1) is 7.71. The van der Waals surface area contributed by atoms with Crippen molar-refractivity contribution in [1.29, 1.82) is 0 Å². The summed E-state index contributed by atoms with van der Waals surface area (Å²) in [7, 11) is 1.74. The third-order valence-corrected chi connectivity index (χ3v) is 2.40. The summed E-state index contributed by atoms with van der Waals surface area (Å²) in [5, 5.41) is 11.8. The molecule has 1 aromatic heterocycles. The summed E-state index contributed by atoms with van der Waals surface area (Å²) in [5.41, 5.74) is 2.75. The summed E-state index contributed by atoms with van der Waals surface area (Å²) >= 11 is 0. The monoisotopic (exact) mass is 228 g/mol. The van der Waals surface area contributed by atoms with E-state index in [1.54, 1.807) is 7.05 Å². The van der Waals surface area contributed by atoms with Crippen molar-refractivity contribution in [1.82, 2.24) is 25.6 Å². The van der Waals surface area contributed by atoms with E-state index in [1.165, 1.54) is 4.80 Å². The normalized spacial score (nSPS) is 15.0. The molecule has 16 heavy (non-hydrogen) atoms. The van der Waals surface area contributed by atoms with E-state index in [0.29, 0.717) is 18.9 Å². The summed E-state index contributed by atoms with van der Waals surface area (Å²) in [4.78, 5) is 1.44. The fourth-order valence-electron chi connectivity index (χ4n) is 1.63. The van der Waals surface area contributed by atoms with E-state index in [1.807, 2.05) is 6.92 Å². The van der Waals surface area contributed by atoms with E-state index in [2.05, 4.69) is 27.8 Å². The van der Waals surface area contributed by atoms with E-state index < -0.39 is 0 Å². The highest BCUT2D eigenvalue weighted by atomic mass is 16.5.